The zero-order chi connectivity index (χ0) is 25.5. The SMILES string of the molecule is CCOc1cc2c(cc1OCC)/C(=C(\Nc1ccc(CCCN(C)C)cc1)c1ccccc1)C(=O)N2. The number of amides is 1. The molecule has 1 heterocycles. The Morgan fingerprint density at radius 3 is 2.22 bits per heavy atom. The average molecular weight is 486 g/mol. The van der Waals surface area contributed by atoms with Crippen LogP contribution in [0.4, 0.5) is 11.4 Å². The van der Waals surface area contributed by atoms with Crippen LogP contribution in [0, 0.1) is 0 Å². The number of nitrogens with zero attached hydrogens (tertiary/aromatic N) is 1. The fourth-order valence-corrected chi connectivity index (χ4v) is 4.34. The van der Waals surface area contributed by atoms with Crippen LogP contribution in [-0.4, -0.2) is 44.7 Å². The van der Waals surface area contributed by atoms with Crippen LogP contribution < -0.4 is 20.1 Å². The molecule has 0 aromatic heterocycles. The van der Waals surface area contributed by atoms with Gasteiger partial charge in [0, 0.05) is 17.3 Å². The van der Waals surface area contributed by atoms with Crippen LogP contribution in [0.15, 0.2) is 66.7 Å². The quantitative estimate of drug-likeness (QED) is 0.331. The zero-order valence-electron chi connectivity index (χ0n) is 21.6. The number of nitrogens with one attached hydrogen (secondary N) is 2. The first-order valence-corrected chi connectivity index (χ1v) is 12.6. The number of carbonyl (C=O) groups excluding carboxylic acids is 1. The number of hydrogen-bond donors (Lipinski definition) is 2. The first-order valence-electron chi connectivity index (χ1n) is 12.6. The second-order valence-corrected chi connectivity index (χ2v) is 9.01. The summed E-state index contributed by atoms with van der Waals surface area (Å²) >= 11 is 0. The summed E-state index contributed by atoms with van der Waals surface area (Å²) in [7, 11) is 4.19. The average Bonchev–Trinajstić information content (AvgIpc) is 3.18. The van der Waals surface area contributed by atoms with Crippen LogP contribution in [0.5, 0.6) is 11.5 Å². The van der Waals surface area contributed by atoms with Gasteiger partial charge in [-0.2, -0.15) is 0 Å². The molecule has 0 radical (unpaired) electrons. The molecule has 0 fully saturated rings. The van der Waals surface area contributed by atoms with Gasteiger partial charge in [0.1, 0.15) is 0 Å². The Bertz CT molecular complexity index is 1220. The predicted molar refractivity (Wildman–Crippen MR) is 148 cm³/mol. The number of hydrogen-bond acceptors (Lipinski definition) is 5. The number of benzene rings is 3. The van der Waals surface area contributed by atoms with E-state index in [1.54, 1.807) is 0 Å². The van der Waals surface area contributed by atoms with Crippen molar-refractivity contribution in [2.24, 2.45) is 0 Å². The highest BCUT2D eigenvalue weighted by molar-refractivity contribution is 6.37. The van der Waals surface area contributed by atoms with Crippen LogP contribution in [0.2, 0.25) is 0 Å². The molecule has 3 aromatic carbocycles. The van der Waals surface area contributed by atoms with Crippen molar-refractivity contribution in [1.82, 2.24) is 4.90 Å². The molecule has 1 aliphatic rings. The van der Waals surface area contributed by atoms with Gasteiger partial charge in [0.2, 0.25) is 0 Å². The van der Waals surface area contributed by atoms with Gasteiger partial charge in [0.05, 0.1) is 30.2 Å². The monoisotopic (exact) mass is 485 g/mol. The molecule has 2 N–H and O–H groups in total. The van der Waals surface area contributed by atoms with Gasteiger partial charge >= 0.3 is 0 Å². The largest absolute Gasteiger partial charge is 0.490 e. The summed E-state index contributed by atoms with van der Waals surface area (Å²) < 4.78 is 11.6. The molecule has 4 rings (SSSR count). The highest BCUT2D eigenvalue weighted by Gasteiger charge is 2.30. The molecule has 3 aromatic rings. The van der Waals surface area contributed by atoms with E-state index >= 15 is 0 Å². The molecular weight excluding hydrogens is 450 g/mol. The van der Waals surface area contributed by atoms with Crippen molar-refractivity contribution in [2.45, 2.75) is 26.7 Å². The summed E-state index contributed by atoms with van der Waals surface area (Å²) in [4.78, 5) is 15.5. The second kappa shape index (κ2) is 11.8. The fraction of sp³-hybridized carbons (Fsp3) is 0.300. The van der Waals surface area contributed by atoms with E-state index in [2.05, 4.69) is 53.9 Å². The van der Waals surface area contributed by atoms with Crippen molar-refractivity contribution in [1.29, 1.82) is 0 Å². The molecule has 36 heavy (non-hydrogen) atoms. The van der Waals surface area contributed by atoms with Gasteiger partial charge < -0.3 is 25.0 Å². The van der Waals surface area contributed by atoms with Crippen LogP contribution in [0.25, 0.3) is 11.3 Å². The van der Waals surface area contributed by atoms with Crippen LogP contribution >= 0.6 is 0 Å². The minimum absolute atomic E-state index is 0.159. The van der Waals surface area contributed by atoms with Crippen molar-refractivity contribution in [3.8, 4) is 11.5 Å². The maximum Gasteiger partial charge on any atom is 0.258 e. The molecular formula is C30H35N3O3. The van der Waals surface area contributed by atoms with Gasteiger partial charge in [0.15, 0.2) is 11.5 Å². The van der Waals surface area contributed by atoms with E-state index < -0.39 is 0 Å². The van der Waals surface area contributed by atoms with E-state index in [1.807, 2.05) is 56.3 Å². The minimum Gasteiger partial charge on any atom is -0.490 e. The van der Waals surface area contributed by atoms with E-state index in [0.29, 0.717) is 36.0 Å². The lowest BCUT2D eigenvalue weighted by Gasteiger charge is -2.16. The topological polar surface area (TPSA) is 62.8 Å². The fourth-order valence-electron chi connectivity index (χ4n) is 4.34. The number of carbonyl (C=O) groups is 1. The van der Waals surface area contributed by atoms with E-state index in [4.69, 9.17) is 9.47 Å². The van der Waals surface area contributed by atoms with Gasteiger partial charge in [-0.1, -0.05) is 42.5 Å². The highest BCUT2D eigenvalue weighted by atomic mass is 16.5. The van der Waals surface area contributed by atoms with Crippen molar-refractivity contribution < 1.29 is 14.3 Å². The van der Waals surface area contributed by atoms with Gasteiger partial charge in [-0.3, -0.25) is 4.79 Å². The zero-order valence-corrected chi connectivity index (χ0v) is 21.6. The number of ether oxygens (including phenoxy) is 2. The first-order chi connectivity index (χ1) is 17.5. The van der Waals surface area contributed by atoms with Crippen LogP contribution in [0.3, 0.4) is 0 Å². The number of rotatable bonds is 11. The van der Waals surface area contributed by atoms with E-state index in [-0.39, 0.29) is 5.91 Å². The molecule has 0 unspecified atom stereocenters. The highest BCUT2D eigenvalue weighted by Crippen LogP contribution is 2.43. The molecule has 1 aliphatic heterocycles. The van der Waals surface area contributed by atoms with Crippen molar-refractivity contribution >= 4 is 28.6 Å². The predicted octanol–water partition coefficient (Wildman–Crippen LogP) is 5.91. The summed E-state index contributed by atoms with van der Waals surface area (Å²) in [5, 5.41) is 6.56. The van der Waals surface area contributed by atoms with Crippen LogP contribution in [0.1, 0.15) is 37.0 Å². The van der Waals surface area contributed by atoms with E-state index in [1.165, 1.54) is 5.56 Å². The minimum atomic E-state index is -0.159. The lowest BCUT2D eigenvalue weighted by atomic mass is 9.99. The van der Waals surface area contributed by atoms with Crippen molar-refractivity contribution in [3.63, 3.8) is 0 Å². The van der Waals surface area contributed by atoms with E-state index in [9.17, 15) is 4.79 Å². The standard InChI is InChI=1S/C30H35N3O3/c1-5-35-26-19-24-25(20-27(26)36-6-2)32-30(34)28(24)29(22-12-8-7-9-13-22)31-23-16-14-21(15-17-23)11-10-18-33(3)4/h7-9,12-17,19-20,31H,5-6,10-11,18H2,1-4H3,(H,32,34)/b29-28+. The molecule has 0 atom stereocenters. The van der Waals surface area contributed by atoms with Gasteiger partial charge in [-0.25, -0.2) is 0 Å². The maximum atomic E-state index is 13.3. The number of anilines is 2. The van der Waals surface area contributed by atoms with Crippen LogP contribution in [-0.2, 0) is 11.2 Å². The second-order valence-electron chi connectivity index (χ2n) is 9.01. The Hall–Kier alpha value is -3.77. The summed E-state index contributed by atoms with van der Waals surface area (Å²) in [6.07, 6.45) is 2.14. The Morgan fingerprint density at radius 1 is 0.917 bits per heavy atom. The summed E-state index contributed by atoms with van der Waals surface area (Å²) in [6, 6.07) is 22.1. The molecule has 6 nitrogen and oxygen atoms in total. The molecule has 0 spiro atoms. The summed E-state index contributed by atoms with van der Waals surface area (Å²) in [5.41, 5.74) is 5.98. The summed E-state index contributed by atoms with van der Waals surface area (Å²) in [6.45, 7) is 5.94. The molecule has 0 bridgehead atoms. The lowest BCUT2D eigenvalue weighted by Crippen LogP contribution is -2.13. The summed E-state index contributed by atoms with van der Waals surface area (Å²) in [5.74, 6) is 1.09. The van der Waals surface area contributed by atoms with Gasteiger partial charge in [0.25, 0.3) is 5.91 Å². The Morgan fingerprint density at radius 2 is 1.58 bits per heavy atom. The van der Waals surface area contributed by atoms with Gasteiger partial charge in [-0.05, 0) is 76.7 Å². The Labute approximate surface area is 213 Å². The molecule has 0 aliphatic carbocycles. The third-order valence-electron chi connectivity index (χ3n) is 6.03. The number of aryl methyl sites for hydroxylation is 1. The van der Waals surface area contributed by atoms with Gasteiger partial charge in [-0.15, -0.1) is 0 Å². The first kappa shape index (κ1) is 25.3. The Kier molecular flexibility index (Phi) is 8.28. The molecule has 188 valence electrons. The third kappa shape index (κ3) is 5.89. The lowest BCUT2D eigenvalue weighted by molar-refractivity contribution is -0.110. The normalized spacial score (nSPS) is 13.9. The molecule has 1 amide bonds. The van der Waals surface area contributed by atoms with Crippen molar-refractivity contribution in [3.05, 3.63) is 83.4 Å². The van der Waals surface area contributed by atoms with E-state index in [0.717, 1.165) is 41.9 Å². The third-order valence-corrected chi connectivity index (χ3v) is 6.03. The molecule has 6 heteroatoms. The smallest absolute Gasteiger partial charge is 0.258 e. The molecule has 0 saturated heterocycles. The number of fused-ring (bicyclic) bond motifs is 1. The van der Waals surface area contributed by atoms with Crippen molar-refractivity contribution in [2.75, 3.05) is 44.5 Å². The molecule has 0 saturated carbocycles. The Balaban J connectivity index is 1.73. The maximum absolute atomic E-state index is 13.3.